The van der Waals surface area contributed by atoms with Crippen LogP contribution in [-0.2, 0) is 19.4 Å². The fraction of sp³-hybridized carbons (Fsp3) is 0.286. The Labute approximate surface area is 171 Å². The molecule has 1 aliphatic rings. The van der Waals surface area contributed by atoms with E-state index >= 15 is 0 Å². The fourth-order valence-corrected chi connectivity index (χ4v) is 3.40. The number of hydrazone groups is 1. The number of rotatable bonds is 6. The zero-order valence-corrected chi connectivity index (χ0v) is 16.0. The second-order valence-corrected chi connectivity index (χ2v) is 7.20. The zero-order chi connectivity index (χ0) is 21.2. The van der Waals surface area contributed by atoms with Crippen molar-refractivity contribution in [1.82, 2.24) is 15.0 Å². The van der Waals surface area contributed by atoms with E-state index in [4.69, 9.17) is 0 Å². The van der Waals surface area contributed by atoms with E-state index in [1.165, 1.54) is 22.4 Å². The molecule has 0 amide bonds. The Kier molecular flexibility index (Phi) is 5.29. The number of benzene rings is 2. The van der Waals surface area contributed by atoms with Crippen molar-refractivity contribution in [2.24, 2.45) is 5.10 Å². The quantitative estimate of drug-likeness (QED) is 0.668. The first kappa shape index (κ1) is 20.1. The molecule has 1 aliphatic heterocycles. The predicted molar refractivity (Wildman–Crippen MR) is 106 cm³/mol. The number of alkyl halides is 3. The third-order valence-electron chi connectivity index (χ3n) is 4.94. The summed E-state index contributed by atoms with van der Waals surface area (Å²) < 4.78 is 42.4. The summed E-state index contributed by atoms with van der Waals surface area (Å²) in [6.45, 7) is 0.0139. The van der Waals surface area contributed by atoms with Crippen LogP contribution in [0.5, 0.6) is 0 Å². The van der Waals surface area contributed by atoms with E-state index in [-0.39, 0.29) is 17.9 Å². The molecule has 1 unspecified atom stereocenters. The average molecular weight is 415 g/mol. The van der Waals surface area contributed by atoms with Crippen molar-refractivity contribution in [2.45, 2.75) is 37.7 Å². The fourth-order valence-electron chi connectivity index (χ4n) is 3.40. The number of para-hydroxylation sites is 1. The molecule has 0 fully saturated rings. The van der Waals surface area contributed by atoms with Gasteiger partial charge in [-0.25, -0.2) is 9.69 Å². The molecule has 6 nitrogen and oxygen atoms in total. The highest BCUT2D eigenvalue weighted by molar-refractivity contribution is 5.89. The molecule has 2 heterocycles. The first-order valence-corrected chi connectivity index (χ1v) is 9.49. The molecule has 0 saturated heterocycles. The molecule has 0 radical (unpaired) electrons. The van der Waals surface area contributed by atoms with Gasteiger partial charge in [0.15, 0.2) is 0 Å². The van der Waals surface area contributed by atoms with Crippen LogP contribution >= 0.6 is 0 Å². The van der Waals surface area contributed by atoms with Crippen molar-refractivity contribution in [1.29, 1.82) is 0 Å². The molecule has 1 aromatic heterocycles. The number of aryl methyl sites for hydroxylation is 2. The Bertz CT molecular complexity index is 1020. The van der Waals surface area contributed by atoms with Crippen molar-refractivity contribution in [3.05, 3.63) is 78.1 Å². The second-order valence-electron chi connectivity index (χ2n) is 7.20. The van der Waals surface area contributed by atoms with Crippen LogP contribution in [0.3, 0.4) is 0 Å². The molecule has 0 spiro atoms. The third kappa shape index (κ3) is 4.06. The van der Waals surface area contributed by atoms with E-state index in [9.17, 15) is 18.3 Å². The van der Waals surface area contributed by atoms with E-state index in [1.807, 2.05) is 30.3 Å². The van der Waals surface area contributed by atoms with Crippen LogP contribution in [0.1, 0.15) is 17.7 Å². The number of anilines is 1. The van der Waals surface area contributed by atoms with Crippen LogP contribution in [0.15, 0.2) is 72.0 Å². The molecule has 1 N–H and O–H groups in total. The van der Waals surface area contributed by atoms with Crippen molar-refractivity contribution >= 4 is 11.4 Å². The highest BCUT2D eigenvalue weighted by Crippen LogP contribution is 2.42. The lowest BCUT2D eigenvalue weighted by atomic mass is 10.1. The van der Waals surface area contributed by atoms with Crippen LogP contribution in [-0.4, -0.2) is 37.7 Å². The summed E-state index contributed by atoms with van der Waals surface area (Å²) in [5.74, 6) is 0. The summed E-state index contributed by atoms with van der Waals surface area (Å²) in [5, 5.41) is 23.2. The highest BCUT2D eigenvalue weighted by atomic mass is 19.4. The molecule has 9 heteroatoms. The maximum absolute atomic E-state index is 13.7. The van der Waals surface area contributed by atoms with Gasteiger partial charge in [0.25, 0.3) is 5.72 Å². The Morgan fingerprint density at radius 1 is 0.967 bits per heavy atom. The van der Waals surface area contributed by atoms with Gasteiger partial charge in [-0.2, -0.15) is 18.3 Å². The van der Waals surface area contributed by atoms with Crippen molar-refractivity contribution in [2.75, 3.05) is 5.01 Å². The largest absolute Gasteiger partial charge is 0.438 e. The molecule has 0 bridgehead atoms. The van der Waals surface area contributed by atoms with E-state index in [2.05, 4.69) is 15.4 Å². The maximum Gasteiger partial charge on any atom is 0.438 e. The van der Waals surface area contributed by atoms with Gasteiger partial charge < -0.3 is 5.11 Å². The Morgan fingerprint density at radius 2 is 1.63 bits per heavy atom. The second kappa shape index (κ2) is 7.91. The number of halogens is 3. The Balaban J connectivity index is 1.49. The minimum absolute atomic E-state index is 0.0139. The monoisotopic (exact) mass is 415 g/mol. The smallest absolute Gasteiger partial charge is 0.362 e. The summed E-state index contributed by atoms with van der Waals surface area (Å²) in [6.07, 6.45) is -2.39. The van der Waals surface area contributed by atoms with Gasteiger partial charge in [0, 0.05) is 12.6 Å². The van der Waals surface area contributed by atoms with Crippen LogP contribution < -0.4 is 5.01 Å². The minimum Gasteiger partial charge on any atom is -0.362 e. The SMILES string of the molecule is OC1(C(F)(F)F)CC(Cn2cc(CCc3ccccc3)nn2)=NN1c1ccccc1. The molecule has 156 valence electrons. The molecule has 2 aromatic carbocycles. The normalized spacial score (nSPS) is 19.2. The highest BCUT2D eigenvalue weighted by Gasteiger charge is 2.61. The van der Waals surface area contributed by atoms with E-state index in [0.29, 0.717) is 11.4 Å². The van der Waals surface area contributed by atoms with E-state index in [1.54, 1.807) is 24.4 Å². The first-order chi connectivity index (χ1) is 14.3. The van der Waals surface area contributed by atoms with E-state index < -0.39 is 18.3 Å². The summed E-state index contributed by atoms with van der Waals surface area (Å²) in [4.78, 5) is 0. The van der Waals surface area contributed by atoms with Crippen LogP contribution in [0, 0.1) is 0 Å². The molecule has 0 aliphatic carbocycles. The van der Waals surface area contributed by atoms with Gasteiger partial charge >= 0.3 is 6.18 Å². The topological polar surface area (TPSA) is 66.5 Å². The lowest BCUT2D eigenvalue weighted by Gasteiger charge is -2.34. The van der Waals surface area contributed by atoms with Gasteiger partial charge in [0.05, 0.1) is 23.6 Å². The lowest BCUT2D eigenvalue weighted by Crippen LogP contribution is -2.55. The van der Waals surface area contributed by atoms with Crippen molar-refractivity contribution < 1.29 is 18.3 Å². The third-order valence-corrected chi connectivity index (χ3v) is 4.94. The van der Waals surface area contributed by atoms with E-state index in [0.717, 1.165) is 12.1 Å². The number of hydrogen-bond acceptors (Lipinski definition) is 5. The number of nitrogens with zero attached hydrogens (tertiary/aromatic N) is 5. The number of aliphatic hydroxyl groups is 1. The molecule has 1 atom stereocenters. The molecule has 4 rings (SSSR count). The summed E-state index contributed by atoms with van der Waals surface area (Å²) >= 11 is 0. The van der Waals surface area contributed by atoms with Crippen molar-refractivity contribution in [3.8, 4) is 0 Å². The Morgan fingerprint density at radius 3 is 2.30 bits per heavy atom. The molecular weight excluding hydrogens is 395 g/mol. The van der Waals surface area contributed by atoms with Gasteiger partial charge in [-0.1, -0.05) is 53.7 Å². The Hall–Kier alpha value is -3.20. The van der Waals surface area contributed by atoms with Crippen LogP contribution in [0.4, 0.5) is 18.9 Å². The van der Waals surface area contributed by atoms with Gasteiger partial charge in [0.2, 0.25) is 0 Å². The zero-order valence-electron chi connectivity index (χ0n) is 16.0. The molecule has 0 saturated carbocycles. The molecular formula is C21H20F3N5O. The van der Waals surface area contributed by atoms with Gasteiger partial charge in [-0.3, -0.25) is 0 Å². The predicted octanol–water partition coefficient (Wildman–Crippen LogP) is 3.58. The first-order valence-electron chi connectivity index (χ1n) is 9.49. The molecule has 3 aromatic rings. The minimum atomic E-state index is -4.88. The average Bonchev–Trinajstić information content (AvgIpc) is 3.32. The van der Waals surface area contributed by atoms with Gasteiger partial charge in [-0.05, 0) is 30.5 Å². The van der Waals surface area contributed by atoms with Crippen LogP contribution in [0.25, 0.3) is 0 Å². The van der Waals surface area contributed by atoms with Crippen LogP contribution in [0.2, 0.25) is 0 Å². The summed E-state index contributed by atoms with van der Waals surface area (Å²) in [6, 6.07) is 17.7. The van der Waals surface area contributed by atoms with Gasteiger partial charge in [0.1, 0.15) is 0 Å². The standard InChI is InChI=1S/C21H20F3N5O/c22-21(23,24)20(30)13-18(26-29(20)19-9-5-2-6-10-19)15-28-14-17(25-27-28)12-11-16-7-3-1-4-8-16/h1-10,14,30H,11-13,15H2. The maximum atomic E-state index is 13.7. The summed E-state index contributed by atoms with van der Waals surface area (Å²) in [5.41, 5.74) is -0.863. The molecule has 30 heavy (non-hydrogen) atoms. The van der Waals surface area contributed by atoms with Gasteiger partial charge in [-0.15, -0.1) is 5.10 Å². The summed E-state index contributed by atoms with van der Waals surface area (Å²) in [7, 11) is 0. The number of aromatic nitrogens is 3. The number of hydrogen-bond donors (Lipinski definition) is 1. The van der Waals surface area contributed by atoms with Crippen molar-refractivity contribution in [3.63, 3.8) is 0 Å². The lowest BCUT2D eigenvalue weighted by molar-refractivity contribution is -0.254.